The van der Waals surface area contributed by atoms with Gasteiger partial charge in [0.1, 0.15) is 5.82 Å². The fraction of sp³-hybridized carbons (Fsp3) is 0.389. The van der Waals surface area contributed by atoms with Crippen molar-refractivity contribution in [3.8, 4) is 0 Å². The first-order valence-corrected chi connectivity index (χ1v) is 7.71. The molecular formula is C18H21FN2. The van der Waals surface area contributed by atoms with Gasteiger partial charge < -0.3 is 5.32 Å². The minimum atomic E-state index is -0.210. The van der Waals surface area contributed by atoms with Crippen molar-refractivity contribution >= 4 is 0 Å². The van der Waals surface area contributed by atoms with E-state index in [0.717, 1.165) is 25.8 Å². The predicted molar refractivity (Wildman–Crippen MR) is 82.7 cm³/mol. The van der Waals surface area contributed by atoms with Gasteiger partial charge in [-0.2, -0.15) is 0 Å². The van der Waals surface area contributed by atoms with Gasteiger partial charge in [0.15, 0.2) is 0 Å². The van der Waals surface area contributed by atoms with E-state index in [4.69, 9.17) is 0 Å². The molecule has 0 fully saturated rings. The van der Waals surface area contributed by atoms with Crippen LogP contribution in [0.1, 0.15) is 48.5 Å². The first-order valence-electron chi connectivity index (χ1n) is 7.71. The summed E-state index contributed by atoms with van der Waals surface area (Å²) in [6.07, 6.45) is 4.71. The number of hydrogen-bond donors (Lipinski definition) is 1. The molecule has 0 saturated carbocycles. The second-order valence-electron chi connectivity index (χ2n) is 5.71. The van der Waals surface area contributed by atoms with Gasteiger partial charge in [-0.05, 0) is 55.0 Å². The zero-order valence-corrected chi connectivity index (χ0v) is 12.3. The lowest BCUT2D eigenvalue weighted by Gasteiger charge is -2.33. The Balaban J connectivity index is 1.77. The number of nitrogens with zero attached hydrogens (tertiary/aromatic N) is 1. The van der Waals surface area contributed by atoms with Crippen LogP contribution in [0, 0.1) is 5.82 Å². The van der Waals surface area contributed by atoms with Crippen LogP contribution >= 0.6 is 0 Å². The third-order valence-electron chi connectivity index (χ3n) is 4.24. The lowest BCUT2D eigenvalue weighted by atomic mass is 9.74. The van der Waals surface area contributed by atoms with Crippen LogP contribution in [0.2, 0.25) is 0 Å². The maximum Gasteiger partial charge on any atom is 0.146 e. The van der Waals surface area contributed by atoms with E-state index in [1.807, 2.05) is 0 Å². The van der Waals surface area contributed by atoms with Gasteiger partial charge in [0, 0.05) is 6.20 Å². The lowest BCUT2D eigenvalue weighted by Crippen LogP contribution is -2.29. The van der Waals surface area contributed by atoms with E-state index in [9.17, 15) is 4.39 Å². The van der Waals surface area contributed by atoms with E-state index >= 15 is 0 Å². The highest BCUT2D eigenvalue weighted by Crippen LogP contribution is 2.40. The smallest absolute Gasteiger partial charge is 0.146 e. The summed E-state index contributed by atoms with van der Waals surface area (Å²) in [6, 6.07) is 11.7. The number of hydrogen-bond acceptors (Lipinski definition) is 2. The third-order valence-corrected chi connectivity index (χ3v) is 4.24. The average Bonchev–Trinajstić information content (AvgIpc) is 2.49. The molecule has 21 heavy (non-hydrogen) atoms. The maximum atomic E-state index is 14.0. The topological polar surface area (TPSA) is 24.9 Å². The van der Waals surface area contributed by atoms with E-state index in [-0.39, 0.29) is 11.9 Å². The Morgan fingerprint density at radius 1 is 1.29 bits per heavy atom. The summed E-state index contributed by atoms with van der Waals surface area (Å²) in [5.41, 5.74) is 3.39. The molecule has 3 heteroatoms. The molecule has 110 valence electrons. The van der Waals surface area contributed by atoms with Crippen molar-refractivity contribution in [2.24, 2.45) is 0 Å². The number of nitrogens with one attached hydrogen (secondary N) is 1. The molecule has 2 nitrogen and oxygen atoms in total. The van der Waals surface area contributed by atoms with Crippen molar-refractivity contribution in [3.05, 3.63) is 65.2 Å². The van der Waals surface area contributed by atoms with Crippen LogP contribution < -0.4 is 5.32 Å². The molecule has 1 aromatic carbocycles. The monoisotopic (exact) mass is 284 g/mol. The molecule has 0 amide bonds. The Morgan fingerprint density at radius 2 is 2.14 bits per heavy atom. The second-order valence-corrected chi connectivity index (χ2v) is 5.71. The minimum Gasteiger partial charge on any atom is -0.309 e. The van der Waals surface area contributed by atoms with Gasteiger partial charge >= 0.3 is 0 Å². The van der Waals surface area contributed by atoms with E-state index in [2.05, 4.69) is 41.5 Å². The molecule has 1 heterocycles. The lowest BCUT2D eigenvalue weighted by molar-refractivity contribution is 0.406. The van der Waals surface area contributed by atoms with Crippen molar-refractivity contribution in [1.82, 2.24) is 10.3 Å². The average molecular weight is 284 g/mol. The molecule has 1 aliphatic rings. The Kier molecular flexibility index (Phi) is 4.30. The first kappa shape index (κ1) is 14.2. The van der Waals surface area contributed by atoms with Crippen molar-refractivity contribution < 1.29 is 4.39 Å². The van der Waals surface area contributed by atoms with Crippen molar-refractivity contribution in [3.63, 3.8) is 0 Å². The summed E-state index contributed by atoms with van der Waals surface area (Å²) in [5, 5.41) is 3.45. The van der Waals surface area contributed by atoms with Gasteiger partial charge in [0.05, 0.1) is 11.7 Å². The number of aromatic nitrogens is 1. The number of benzene rings is 1. The standard InChI is InChI=1S/C18H21FN2/c1-2-9-20-17(18-16(19)8-5-10-21-18)12-14-11-13-6-3-4-7-15(13)14/h3-8,10,14,17,20H,2,9,11-12H2,1H3. The number of halogens is 1. The Hall–Kier alpha value is -1.74. The first-order chi connectivity index (χ1) is 10.3. The molecule has 2 atom stereocenters. The normalized spacial score (nSPS) is 17.9. The van der Waals surface area contributed by atoms with Crippen LogP contribution in [0.3, 0.4) is 0 Å². The van der Waals surface area contributed by atoms with Crippen molar-refractivity contribution in [2.45, 2.75) is 38.1 Å². The third kappa shape index (κ3) is 2.98. The molecule has 3 rings (SSSR count). The van der Waals surface area contributed by atoms with E-state index in [0.29, 0.717) is 11.6 Å². The second kappa shape index (κ2) is 6.35. The predicted octanol–water partition coefficient (Wildman–Crippen LogP) is 3.99. The molecule has 2 unspecified atom stereocenters. The molecule has 1 aliphatic carbocycles. The van der Waals surface area contributed by atoms with Gasteiger partial charge in [-0.15, -0.1) is 0 Å². The molecule has 2 aromatic rings. The molecule has 1 aromatic heterocycles. The Labute approximate surface area is 125 Å². The number of pyridine rings is 1. The van der Waals surface area contributed by atoms with Crippen LogP contribution in [0.25, 0.3) is 0 Å². The molecular weight excluding hydrogens is 263 g/mol. The van der Waals surface area contributed by atoms with Gasteiger partial charge in [-0.1, -0.05) is 31.2 Å². The Bertz CT molecular complexity index is 612. The van der Waals surface area contributed by atoms with Crippen LogP contribution in [-0.4, -0.2) is 11.5 Å². The van der Waals surface area contributed by atoms with Crippen LogP contribution in [0.4, 0.5) is 4.39 Å². The molecule has 0 radical (unpaired) electrons. The molecule has 0 saturated heterocycles. The zero-order chi connectivity index (χ0) is 14.7. The van der Waals surface area contributed by atoms with E-state index in [1.165, 1.54) is 17.2 Å². The van der Waals surface area contributed by atoms with Crippen molar-refractivity contribution in [2.75, 3.05) is 6.54 Å². The molecule has 1 N–H and O–H groups in total. The van der Waals surface area contributed by atoms with E-state index < -0.39 is 0 Å². The summed E-state index contributed by atoms with van der Waals surface area (Å²) in [6.45, 7) is 3.01. The van der Waals surface area contributed by atoms with Gasteiger partial charge in [-0.3, -0.25) is 4.98 Å². The highest BCUT2D eigenvalue weighted by atomic mass is 19.1. The number of rotatable bonds is 6. The van der Waals surface area contributed by atoms with Crippen LogP contribution in [0.5, 0.6) is 0 Å². The van der Waals surface area contributed by atoms with Crippen molar-refractivity contribution in [1.29, 1.82) is 0 Å². The molecule has 0 bridgehead atoms. The summed E-state index contributed by atoms with van der Waals surface area (Å²) in [5.74, 6) is 0.302. The minimum absolute atomic E-state index is 0.00972. The molecule has 0 spiro atoms. The summed E-state index contributed by atoms with van der Waals surface area (Å²) in [4.78, 5) is 4.26. The molecule has 0 aliphatic heterocycles. The van der Waals surface area contributed by atoms with Gasteiger partial charge in [-0.25, -0.2) is 4.39 Å². The van der Waals surface area contributed by atoms with Gasteiger partial charge in [0.25, 0.3) is 0 Å². The number of fused-ring (bicyclic) bond motifs is 1. The SMILES string of the molecule is CCCNC(CC1Cc2ccccc21)c1ncccc1F. The largest absolute Gasteiger partial charge is 0.309 e. The summed E-state index contributed by atoms with van der Waals surface area (Å²) in [7, 11) is 0. The van der Waals surface area contributed by atoms with Gasteiger partial charge in [0.2, 0.25) is 0 Å². The fourth-order valence-corrected chi connectivity index (χ4v) is 3.12. The highest BCUT2D eigenvalue weighted by molar-refractivity contribution is 5.40. The Morgan fingerprint density at radius 3 is 2.90 bits per heavy atom. The highest BCUT2D eigenvalue weighted by Gasteiger charge is 2.29. The van der Waals surface area contributed by atoms with E-state index in [1.54, 1.807) is 12.3 Å². The van der Waals surface area contributed by atoms with Crippen LogP contribution in [-0.2, 0) is 6.42 Å². The summed E-state index contributed by atoms with van der Waals surface area (Å²) >= 11 is 0. The summed E-state index contributed by atoms with van der Waals surface area (Å²) < 4.78 is 14.0. The fourth-order valence-electron chi connectivity index (χ4n) is 3.12. The maximum absolute atomic E-state index is 14.0. The quantitative estimate of drug-likeness (QED) is 0.867. The zero-order valence-electron chi connectivity index (χ0n) is 12.3. The van der Waals surface area contributed by atoms with Crippen LogP contribution in [0.15, 0.2) is 42.6 Å².